The number of nitrogens with two attached hydrogens (primary N) is 1. The summed E-state index contributed by atoms with van der Waals surface area (Å²) in [5.41, 5.74) is 6.50. The van der Waals surface area contributed by atoms with E-state index in [4.69, 9.17) is 10.5 Å². The Morgan fingerprint density at radius 2 is 2.36 bits per heavy atom. The molecule has 1 aromatic rings. The number of nitrogens with zero attached hydrogens (tertiary/aromatic N) is 2. The van der Waals surface area contributed by atoms with Gasteiger partial charge >= 0.3 is 0 Å². The number of nitrogen functional groups attached to an aromatic ring is 1. The van der Waals surface area contributed by atoms with Crippen molar-refractivity contribution >= 4 is 5.82 Å². The third-order valence-corrected chi connectivity index (χ3v) is 1.71. The highest BCUT2D eigenvalue weighted by Crippen LogP contribution is 2.26. The SMILES string of the molecule is Nc1ncnc2c1OCCC2. The Balaban J connectivity index is 2.49. The highest BCUT2D eigenvalue weighted by molar-refractivity contribution is 5.48. The summed E-state index contributed by atoms with van der Waals surface area (Å²) in [6.07, 6.45) is 3.44. The number of fused-ring (bicyclic) bond motifs is 1. The lowest BCUT2D eigenvalue weighted by molar-refractivity contribution is 0.285. The van der Waals surface area contributed by atoms with Gasteiger partial charge < -0.3 is 10.5 Å². The summed E-state index contributed by atoms with van der Waals surface area (Å²) >= 11 is 0. The van der Waals surface area contributed by atoms with Gasteiger partial charge in [-0.25, -0.2) is 9.97 Å². The molecule has 0 radical (unpaired) electrons. The Kier molecular flexibility index (Phi) is 1.38. The molecule has 0 aromatic carbocycles. The molecule has 0 bridgehead atoms. The summed E-state index contributed by atoms with van der Waals surface area (Å²) in [4.78, 5) is 7.90. The summed E-state index contributed by atoms with van der Waals surface area (Å²) in [5.74, 6) is 1.13. The van der Waals surface area contributed by atoms with Gasteiger partial charge in [-0.1, -0.05) is 0 Å². The first-order valence-corrected chi connectivity index (χ1v) is 3.60. The maximum Gasteiger partial charge on any atom is 0.182 e. The predicted molar refractivity (Wildman–Crippen MR) is 40.3 cm³/mol. The molecule has 0 saturated carbocycles. The minimum atomic E-state index is 0.453. The van der Waals surface area contributed by atoms with Gasteiger partial charge in [0.05, 0.1) is 12.3 Å². The lowest BCUT2D eigenvalue weighted by atomic mass is 10.2. The molecule has 1 aliphatic rings. The molecular formula is C7H9N3O. The summed E-state index contributed by atoms with van der Waals surface area (Å²) in [6, 6.07) is 0. The van der Waals surface area contributed by atoms with E-state index in [0.29, 0.717) is 11.6 Å². The molecule has 0 saturated heterocycles. The van der Waals surface area contributed by atoms with Crippen LogP contribution in [0.4, 0.5) is 5.82 Å². The smallest absolute Gasteiger partial charge is 0.182 e. The van der Waals surface area contributed by atoms with Crippen molar-refractivity contribution in [2.45, 2.75) is 12.8 Å². The maximum absolute atomic E-state index is 5.57. The van der Waals surface area contributed by atoms with Crippen LogP contribution in [0.3, 0.4) is 0 Å². The minimum absolute atomic E-state index is 0.453. The topological polar surface area (TPSA) is 61.0 Å². The van der Waals surface area contributed by atoms with E-state index in [1.807, 2.05) is 0 Å². The molecule has 58 valence electrons. The fraction of sp³-hybridized carbons (Fsp3) is 0.429. The number of hydrogen-bond donors (Lipinski definition) is 1. The van der Waals surface area contributed by atoms with Crippen molar-refractivity contribution in [3.63, 3.8) is 0 Å². The van der Waals surface area contributed by atoms with Gasteiger partial charge in [-0.2, -0.15) is 0 Å². The highest BCUT2D eigenvalue weighted by Gasteiger charge is 2.14. The fourth-order valence-electron chi connectivity index (χ4n) is 1.18. The fourth-order valence-corrected chi connectivity index (χ4v) is 1.18. The largest absolute Gasteiger partial charge is 0.488 e. The van der Waals surface area contributed by atoms with E-state index in [1.54, 1.807) is 0 Å². The van der Waals surface area contributed by atoms with Crippen LogP contribution in [0.1, 0.15) is 12.1 Å². The predicted octanol–water partition coefficient (Wildman–Crippen LogP) is 0.384. The average molecular weight is 151 g/mol. The minimum Gasteiger partial charge on any atom is -0.488 e. The van der Waals surface area contributed by atoms with Crippen molar-refractivity contribution < 1.29 is 4.74 Å². The molecule has 2 heterocycles. The van der Waals surface area contributed by atoms with Crippen LogP contribution in [0.2, 0.25) is 0 Å². The van der Waals surface area contributed by atoms with Gasteiger partial charge in [-0.3, -0.25) is 0 Å². The van der Waals surface area contributed by atoms with Crippen molar-refractivity contribution in [2.75, 3.05) is 12.3 Å². The van der Waals surface area contributed by atoms with Crippen molar-refractivity contribution in [1.29, 1.82) is 0 Å². The molecule has 0 unspecified atom stereocenters. The summed E-state index contributed by atoms with van der Waals surface area (Å²) < 4.78 is 5.30. The molecule has 4 heteroatoms. The molecule has 0 aliphatic carbocycles. The van der Waals surface area contributed by atoms with Crippen LogP contribution >= 0.6 is 0 Å². The van der Waals surface area contributed by atoms with Crippen molar-refractivity contribution in [3.05, 3.63) is 12.0 Å². The Morgan fingerprint density at radius 1 is 1.45 bits per heavy atom. The molecule has 1 aromatic heterocycles. The van der Waals surface area contributed by atoms with E-state index in [2.05, 4.69) is 9.97 Å². The van der Waals surface area contributed by atoms with Crippen LogP contribution < -0.4 is 10.5 Å². The molecule has 0 amide bonds. The summed E-state index contributed by atoms with van der Waals surface area (Å²) in [7, 11) is 0. The number of anilines is 1. The Labute approximate surface area is 64.4 Å². The van der Waals surface area contributed by atoms with Crippen molar-refractivity contribution in [3.8, 4) is 5.75 Å². The summed E-state index contributed by atoms with van der Waals surface area (Å²) in [6.45, 7) is 0.727. The first-order valence-electron chi connectivity index (χ1n) is 3.60. The second kappa shape index (κ2) is 2.38. The van der Waals surface area contributed by atoms with E-state index in [-0.39, 0.29) is 0 Å². The molecule has 11 heavy (non-hydrogen) atoms. The normalized spacial score (nSPS) is 15.3. The van der Waals surface area contributed by atoms with Gasteiger partial charge in [0, 0.05) is 0 Å². The van der Waals surface area contributed by atoms with Gasteiger partial charge in [0.25, 0.3) is 0 Å². The van der Waals surface area contributed by atoms with E-state index in [9.17, 15) is 0 Å². The monoisotopic (exact) mass is 151 g/mol. The third-order valence-electron chi connectivity index (χ3n) is 1.71. The molecule has 0 spiro atoms. The van der Waals surface area contributed by atoms with Crippen LogP contribution in [0.15, 0.2) is 6.33 Å². The zero-order valence-corrected chi connectivity index (χ0v) is 6.08. The van der Waals surface area contributed by atoms with E-state index >= 15 is 0 Å². The van der Waals surface area contributed by atoms with Crippen LogP contribution in [-0.4, -0.2) is 16.6 Å². The number of aryl methyl sites for hydroxylation is 1. The number of rotatable bonds is 0. The molecule has 2 N–H and O–H groups in total. The first kappa shape index (κ1) is 6.39. The Morgan fingerprint density at radius 3 is 3.18 bits per heavy atom. The van der Waals surface area contributed by atoms with Gasteiger partial charge in [0.15, 0.2) is 11.6 Å². The number of ether oxygens (including phenoxy) is 1. The van der Waals surface area contributed by atoms with E-state index in [1.165, 1.54) is 6.33 Å². The molecular weight excluding hydrogens is 142 g/mol. The van der Waals surface area contributed by atoms with Gasteiger partial charge in [0.2, 0.25) is 0 Å². The van der Waals surface area contributed by atoms with Gasteiger partial charge in [-0.05, 0) is 12.8 Å². The Hall–Kier alpha value is -1.32. The second-order valence-electron chi connectivity index (χ2n) is 2.49. The third kappa shape index (κ3) is 1.00. The maximum atomic E-state index is 5.57. The Bertz CT molecular complexity index is 274. The van der Waals surface area contributed by atoms with Crippen LogP contribution in [0.25, 0.3) is 0 Å². The molecule has 1 aliphatic heterocycles. The van der Waals surface area contributed by atoms with Crippen molar-refractivity contribution in [2.24, 2.45) is 0 Å². The van der Waals surface area contributed by atoms with Crippen LogP contribution in [-0.2, 0) is 6.42 Å². The van der Waals surface area contributed by atoms with E-state index < -0.39 is 0 Å². The molecule has 0 atom stereocenters. The lowest BCUT2D eigenvalue weighted by Gasteiger charge is -2.16. The van der Waals surface area contributed by atoms with Crippen LogP contribution in [0.5, 0.6) is 5.75 Å². The van der Waals surface area contributed by atoms with E-state index in [0.717, 1.165) is 25.1 Å². The zero-order valence-electron chi connectivity index (χ0n) is 6.08. The number of hydrogen-bond acceptors (Lipinski definition) is 4. The first-order chi connectivity index (χ1) is 5.38. The van der Waals surface area contributed by atoms with Gasteiger partial charge in [0.1, 0.15) is 6.33 Å². The number of aromatic nitrogens is 2. The lowest BCUT2D eigenvalue weighted by Crippen LogP contribution is -2.12. The van der Waals surface area contributed by atoms with Gasteiger partial charge in [-0.15, -0.1) is 0 Å². The molecule has 0 fully saturated rings. The zero-order chi connectivity index (χ0) is 7.68. The summed E-state index contributed by atoms with van der Waals surface area (Å²) in [5, 5.41) is 0. The molecule has 4 nitrogen and oxygen atoms in total. The average Bonchev–Trinajstić information content (AvgIpc) is 2.06. The second-order valence-corrected chi connectivity index (χ2v) is 2.49. The quantitative estimate of drug-likeness (QED) is 0.582. The van der Waals surface area contributed by atoms with Crippen LogP contribution in [0, 0.1) is 0 Å². The molecule has 2 rings (SSSR count). The highest BCUT2D eigenvalue weighted by atomic mass is 16.5. The van der Waals surface area contributed by atoms with Crippen molar-refractivity contribution in [1.82, 2.24) is 9.97 Å². The standard InChI is InChI=1S/C7H9N3O/c8-7-6-5(9-4-10-7)2-1-3-11-6/h4H,1-3H2,(H2,8,9,10).